The van der Waals surface area contributed by atoms with E-state index in [1.165, 1.54) is 19.2 Å². The predicted octanol–water partition coefficient (Wildman–Crippen LogP) is -0.271. The van der Waals surface area contributed by atoms with Gasteiger partial charge in [-0.15, -0.1) is 15.6 Å². The molecule has 19 nitrogen and oxygen atoms in total. The van der Waals surface area contributed by atoms with E-state index in [9.17, 15) is 27.9 Å². The van der Waals surface area contributed by atoms with Gasteiger partial charge in [0.2, 0.25) is 5.62 Å². The Labute approximate surface area is 284 Å². The van der Waals surface area contributed by atoms with Gasteiger partial charge in [-0.05, 0) is 56.8 Å². The van der Waals surface area contributed by atoms with Crippen molar-refractivity contribution >= 4 is 50.2 Å². The van der Waals surface area contributed by atoms with Gasteiger partial charge < -0.3 is 41.0 Å². The highest BCUT2D eigenvalue weighted by atomic mass is 32.3. The number of aromatic nitrogens is 3. The molecule has 21 heteroatoms. The molecule has 1 aliphatic heterocycles. The van der Waals surface area contributed by atoms with E-state index >= 15 is 0 Å². The maximum Gasteiger partial charge on any atom is 0.418 e. The lowest BCUT2D eigenvalue weighted by atomic mass is 9.74. The first-order valence-electron chi connectivity index (χ1n) is 14.6. The molecule has 4 rings (SSSR count). The maximum atomic E-state index is 13.4. The molecule has 2 atom stereocenters. The van der Waals surface area contributed by atoms with Gasteiger partial charge in [-0.2, -0.15) is 13.5 Å². The summed E-state index contributed by atoms with van der Waals surface area (Å²) in [4.78, 5) is 47.2. The number of carboxylic acid groups (broad SMARTS) is 1. The standard InChI is InChI=1S/C28H37N9O10S2/c1-28(2)18(24(39)37(28)47-49(42,43)44)8-21(38)23(19-14-48-26(31)33-19)34-46-22(25(40)41)13-45-17-6-4-16(5-7-17)20-12-36(27(32)35(20)3)11-15(9-29)10-30/h4-7,12,14-15,18,22,32H,8-11,13,29-30H2,1-3H3,(H2,31,33)(H,40,41)(H,42,43,44)/b32-27?,34-23-/t18?,22-/m0/s1. The predicted molar refractivity (Wildman–Crippen MR) is 174 cm³/mol. The van der Waals surface area contributed by atoms with E-state index in [-0.39, 0.29) is 22.4 Å². The lowest BCUT2D eigenvalue weighted by Gasteiger charge is -2.50. The molecule has 0 saturated carbocycles. The highest BCUT2D eigenvalue weighted by Crippen LogP contribution is 2.40. The van der Waals surface area contributed by atoms with Gasteiger partial charge in [0.1, 0.15) is 18.1 Å². The van der Waals surface area contributed by atoms with Crippen LogP contribution in [0, 0.1) is 17.2 Å². The number of aliphatic carboxylic acids is 1. The van der Waals surface area contributed by atoms with Crippen LogP contribution < -0.4 is 27.6 Å². The second-order valence-electron chi connectivity index (χ2n) is 11.6. The van der Waals surface area contributed by atoms with Crippen molar-refractivity contribution in [1.82, 2.24) is 19.2 Å². The highest BCUT2D eigenvalue weighted by molar-refractivity contribution is 7.80. The van der Waals surface area contributed by atoms with Crippen LogP contribution >= 0.6 is 11.3 Å². The number of carbonyl (C=O) groups is 3. The number of nitrogens with two attached hydrogens (primary N) is 3. The summed E-state index contributed by atoms with van der Waals surface area (Å²) in [6.07, 6.45) is -0.376. The summed E-state index contributed by atoms with van der Waals surface area (Å²) < 4.78 is 44.7. The largest absolute Gasteiger partial charge is 0.489 e. The topological polar surface area (TPSA) is 294 Å². The minimum Gasteiger partial charge on any atom is -0.489 e. The number of nitrogen functional groups attached to an aromatic ring is 1. The Morgan fingerprint density at radius 3 is 2.39 bits per heavy atom. The van der Waals surface area contributed by atoms with Gasteiger partial charge in [-0.1, -0.05) is 5.16 Å². The van der Waals surface area contributed by atoms with Crippen molar-refractivity contribution in [3.05, 3.63) is 47.2 Å². The molecule has 1 fully saturated rings. The number of β-lactam (4-membered cyclic amide) rings is 1. The molecule has 0 radical (unpaired) electrons. The van der Waals surface area contributed by atoms with Gasteiger partial charge >= 0.3 is 16.4 Å². The monoisotopic (exact) mass is 723 g/mol. The van der Waals surface area contributed by atoms with Gasteiger partial charge in [0, 0.05) is 37.5 Å². The fourth-order valence-electron chi connectivity index (χ4n) is 4.98. The number of hydrogen-bond donors (Lipinski definition) is 6. The zero-order valence-corrected chi connectivity index (χ0v) is 28.3. The number of amides is 1. The van der Waals surface area contributed by atoms with Crippen molar-refractivity contribution in [3.8, 4) is 17.0 Å². The molecule has 0 aliphatic carbocycles. The smallest absolute Gasteiger partial charge is 0.418 e. The van der Waals surface area contributed by atoms with Crippen LogP contribution in [0.4, 0.5) is 5.13 Å². The normalized spacial score (nSPS) is 16.8. The number of carbonyl (C=O) groups excluding carboxylic acids is 2. The van der Waals surface area contributed by atoms with E-state index in [1.54, 1.807) is 40.4 Å². The van der Waals surface area contributed by atoms with Gasteiger partial charge in [-0.25, -0.2) is 9.78 Å². The quantitative estimate of drug-likeness (QED) is 0.0452. The molecule has 3 heterocycles. The van der Waals surface area contributed by atoms with E-state index in [2.05, 4.69) is 14.4 Å². The first-order valence-corrected chi connectivity index (χ1v) is 16.9. The first kappa shape index (κ1) is 37.2. The van der Waals surface area contributed by atoms with Crippen LogP contribution in [-0.4, -0.2) is 92.0 Å². The van der Waals surface area contributed by atoms with Crippen LogP contribution in [0.3, 0.4) is 0 Å². The number of hydroxylamine groups is 2. The van der Waals surface area contributed by atoms with Crippen LogP contribution in [0.5, 0.6) is 5.75 Å². The van der Waals surface area contributed by atoms with Gasteiger partial charge in [0.15, 0.2) is 16.6 Å². The summed E-state index contributed by atoms with van der Waals surface area (Å²) in [6, 6.07) is 6.70. The number of nitrogens with zero attached hydrogens (tertiary/aromatic N) is 5. The molecule has 1 aromatic carbocycles. The van der Waals surface area contributed by atoms with Gasteiger partial charge in [-0.3, -0.25) is 19.6 Å². The molecule has 9 N–H and O–H groups in total. The molecular formula is C28H37N9O10S2. The number of rotatable bonds is 17. The van der Waals surface area contributed by atoms with Crippen LogP contribution in [-0.2, 0) is 47.5 Å². The van der Waals surface area contributed by atoms with Crippen molar-refractivity contribution in [2.24, 2.45) is 35.5 Å². The molecule has 1 amide bonds. The van der Waals surface area contributed by atoms with Crippen molar-refractivity contribution in [2.45, 2.75) is 38.5 Å². The van der Waals surface area contributed by atoms with Crippen LogP contribution in [0.2, 0.25) is 0 Å². The molecule has 0 bridgehead atoms. The van der Waals surface area contributed by atoms with E-state index in [1.807, 2.05) is 6.20 Å². The number of nitrogens with one attached hydrogen (secondary N) is 1. The number of hydrogen-bond acceptors (Lipinski definition) is 15. The fraction of sp³-hybridized carbons (Fsp3) is 0.429. The minimum absolute atomic E-state index is 0.0170. The summed E-state index contributed by atoms with van der Waals surface area (Å²) in [7, 11) is -3.25. The van der Waals surface area contributed by atoms with E-state index in [0.717, 1.165) is 22.6 Å². The number of ether oxygens (including phenoxy) is 1. The zero-order chi connectivity index (χ0) is 36.3. The third-order valence-corrected chi connectivity index (χ3v) is 8.92. The summed E-state index contributed by atoms with van der Waals surface area (Å²) in [5.41, 5.74) is 17.2. The summed E-state index contributed by atoms with van der Waals surface area (Å²) in [5, 5.41) is 23.9. The van der Waals surface area contributed by atoms with Crippen LogP contribution in [0.15, 0.2) is 41.0 Å². The Morgan fingerprint density at radius 2 is 1.86 bits per heavy atom. The number of benzene rings is 1. The average molecular weight is 724 g/mol. The number of imidazole rings is 1. The van der Waals surface area contributed by atoms with Gasteiger partial charge in [0.25, 0.3) is 12.0 Å². The number of thiazole rings is 1. The summed E-state index contributed by atoms with van der Waals surface area (Å²) >= 11 is 0.975. The molecule has 0 spiro atoms. The van der Waals surface area contributed by atoms with Crippen molar-refractivity contribution in [1.29, 1.82) is 5.41 Å². The molecule has 49 heavy (non-hydrogen) atoms. The van der Waals surface area contributed by atoms with Crippen LogP contribution in [0.25, 0.3) is 11.3 Å². The number of ketones is 1. The number of anilines is 1. The second-order valence-corrected chi connectivity index (χ2v) is 13.5. The number of Topliss-reactive ketones (excluding diaryl/α,β-unsaturated/α-hetero) is 1. The third kappa shape index (κ3) is 8.50. The molecular weight excluding hydrogens is 686 g/mol. The fourth-order valence-corrected chi connectivity index (χ4v) is 5.98. The zero-order valence-electron chi connectivity index (χ0n) is 26.7. The van der Waals surface area contributed by atoms with Crippen LogP contribution in [0.1, 0.15) is 26.0 Å². The maximum absolute atomic E-state index is 13.4. The SMILES string of the molecule is Cn1c(-c2ccc(OC[C@H](O/N=C(\C(=O)CC3C(=O)N(OS(=O)(=O)O)C3(C)C)c3csc(N)n3)C(=O)O)cc2)cn(CC(CN)CN)c1=N. The van der Waals surface area contributed by atoms with E-state index in [4.69, 9.17) is 36.7 Å². The lowest BCUT2D eigenvalue weighted by molar-refractivity contribution is -0.228. The summed E-state index contributed by atoms with van der Waals surface area (Å²) in [6.45, 7) is 3.58. The Hall–Kier alpha value is -4.67. The molecule has 1 unspecified atom stereocenters. The molecule has 1 aliphatic rings. The van der Waals surface area contributed by atoms with E-state index in [0.29, 0.717) is 30.4 Å². The highest BCUT2D eigenvalue weighted by Gasteiger charge is 2.57. The minimum atomic E-state index is -5.00. The Morgan fingerprint density at radius 1 is 1.20 bits per heavy atom. The Kier molecular flexibility index (Phi) is 11.3. The molecule has 2 aromatic heterocycles. The van der Waals surface area contributed by atoms with Crippen molar-refractivity contribution in [2.75, 3.05) is 25.4 Å². The van der Waals surface area contributed by atoms with Crippen molar-refractivity contribution in [3.63, 3.8) is 0 Å². The first-order chi connectivity index (χ1) is 23.0. The molecule has 3 aromatic rings. The Bertz CT molecular complexity index is 1900. The third-order valence-electron chi connectivity index (χ3n) is 7.91. The molecule has 1 saturated heterocycles. The van der Waals surface area contributed by atoms with Gasteiger partial charge in [0.05, 0.1) is 17.2 Å². The summed E-state index contributed by atoms with van der Waals surface area (Å²) in [5.74, 6) is -3.91. The second kappa shape index (κ2) is 14.8. The Balaban J connectivity index is 1.46. The number of oxime groups is 1. The van der Waals surface area contributed by atoms with E-state index < -0.39 is 64.4 Å². The lowest BCUT2D eigenvalue weighted by Crippen LogP contribution is -2.68. The average Bonchev–Trinajstić information content (AvgIpc) is 3.60. The number of carboxylic acids is 1. The van der Waals surface area contributed by atoms with Crippen molar-refractivity contribution < 1.29 is 46.3 Å². The molecule has 266 valence electrons.